The molecule has 2 unspecified atom stereocenters. The van der Waals surface area contributed by atoms with E-state index >= 15 is 0 Å². The highest BCUT2D eigenvalue weighted by Crippen LogP contribution is 2.17. The molecule has 5 heteroatoms. The van der Waals surface area contributed by atoms with Crippen molar-refractivity contribution in [3.63, 3.8) is 0 Å². The second-order valence-electron chi connectivity index (χ2n) is 2.32. The molecular formula is C6H8N4O. The summed E-state index contributed by atoms with van der Waals surface area (Å²) in [6.07, 6.45) is 6.35. The van der Waals surface area contributed by atoms with E-state index in [2.05, 4.69) is 10.2 Å². The van der Waals surface area contributed by atoms with Gasteiger partial charge in [-0.25, -0.2) is 5.84 Å². The number of fused-ring (bicyclic) bond motifs is 1. The van der Waals surface area contributed by atoms with E-state index in [0.29, 0.717) is 0 Å². The molecule has 0 fully saturated rings. The Balaban J connectivity index is 2.23. The van der Waals surface area contributed by atoms with Crippen molar-refractivity contribution < 1.29 is 4.74 Å². The number of nitrogens with zero attached hydrogens (tertiary/aromatic N) is 3. The third-order valence-corrected chi connectivity index (χ3v) is 1.62. The van der Waals surface area contributed by atoms with Crippen molar-refractivity contribution in [3.8, 4) is 0 Å². The third-order valence-electron chi connectivity index (χ3n) is 1.62. The lowest BCUT2D eigenvalue weighted by Gasteiger charge is -2.31. The molecule has 0 spiro atoms. The van der Waals surface area contributed by atoms with Crippen LogP contribution in [-0.2, 0) is 4.74 Å². The first-order chi connectivity index (χ1) is 5.38. The summed E-state index contributed by atoms with van der Waals surface area (Å²) in [6, 6.07) is -0.0162. The molecule has 0 aromatic rings. The highest BCUT2D eigenvalue weighted by molar-refractivity contribution is 5.03. The van der Waals surface area contributed by atoms with Crippen LogP contribution in [-0.4, -0.2) is 17.3 Å². The zero-order valence-electron chi connectivity index (χ0n) is 5.79. The molecule has 2 heterocycles. The van der Waals surface area contributed by atoms with Gasteiger partial charge in [-0.05, 0) is 6.08 Å². The minimum absolute atomic E-state index is 0.0162. The zero-order chi connectivity index (χ0) is 7.68. The largest absolute Gasteiger partial charge is 0.470 e. The van der Waals surface area contributed by atoms with E-state index in [4.69, 9.17) is 10.6 Å². The van der Waals surface area contributed by atoms with Gasteiger partial charge in [-0.2, -0.15) is 5.11 Å². The number of hydrazine groups is 1. The first-order valence-electron chi connectivity index (χ1n) is 3.30. The molecule has 2 aliphatic rings. The van der Waals surface area contributed by atoms with E-state index < -0.39 is 0 Å². The van der Waals surface area contributed by atoms with Gasteiger partial charge in [-0.1, -0.05) is 0 Å². The lowest BCUT2D eigenvalue weighted by molar-refractivity contribution is 0.0505. The van der Waals surface area contributed by atoms with Crippen molar-refractivity contribution in [1.82, 2.24) is 5.01 Å². The van der Waals surface area contributed by atoms with E-state index in [-0.39, 0.29) is 12.3 Å². The van der Waals surface area contributed by atoms with Gasteiger partial charge >= 0.3 is 0 Å². The SMILES string of the molecule is NN1C=COC2N=NC=CC21. The summed E-state index contributed by atoms with van der Waals surface area (Å²) in [6.45, 7) is 0. The number of nitrogens with two attached hydrogens (primary N) is 1. The number of hydrogen-bond donors (Lipinski definition) is 1. The monoisotopic (exact) mass is 152 g/mol. The Morgan fingerprint density at radius 2 is 2.45 bits per heavy atom. The first kappa shape index (κ1) is 6.36. The molecule has 2 atom stereocenters. The van der Waals surface area contributed by atoms with Crippen LogP contribution in [0, 0.1) is 0 Å². The normalized spacial score (nSPS) is 33.4. The Kier molecular flexibility index (Phi) is 1.36. The van der Waals surface area contributed by atoms with Crippen molar-refractivity contribution >= 4 is 0 Å². The van der Waals surface area contributed by atoms with Gasteiger partial charge in [0.05, 0.1) is 6.20 Å². The maximum absolute atomic E-state index is 5.60. The molecule has 11 heavy (non-hydrogen) atoms. The molecule has 0 bridgehead atoms. The van der Waals surface area contributed by atoms with E-state index in [1.807, 2.05) is 6.08 Å². The molecule has 5 nitrogen and oxygen atoms in total. The van der Waals surface area contributed by atoms with Gasteiger partial charge in [0.15, 0.2) is 0 Å². The Labute approximate surface area is 63.8 Å². The topological polar surface area (TPSA) is 63.2 Å². The molecule has 0 radical (unpaired) electrons. The van der Waals surface area contributed by atoms with Gasteiger partial charge in [-0.15, -0.1) is 5.11 Å². The lowest BCUT2D eigenvalue weighted by Crippen LogP contribution is -2.46. The summed E-state index contributed by atoms with van der Waals surface area (Å²) in [5.41, 5.74) is 0. The molecule has 58 valence electrons. The molecule has 0 aromatic heterocycles. The van der Waals surface area contributed by atoms with Gasteiger partial charge in [0.1, 0.15) is 12.3 Å². The van der Waals surface area contributed by atoms with Crippen LogP contribution >= 0.6 is 0 Å². The predicted molar refractivity (Wildman–Crippen MR) is 37.8 cm³/mol. The predicted octanol–water partition coefficient (Wildman–Crippen LogP) is 0.338. The van der Waals surface area contributed by atoms with Crippen molar-refractivity contribution in [3.05, 3.63) is 24.7 Å². The van der Waals surface area contributed by atoms with Crippen molar-refractivity contribution in [2.24, 2.45) is 16.1 Å². The third kappa shape index (κ3) is 0.988. The Hall–Kier alpha value is -1.36. The van der Waals surface area contributed by atoms with Crippen LogP contribution in [0.4, 0.5) is 0 Å². The standard InChI is InChI=1S/C6H8N4O/c7-10-3-4-11-6-5(10)1-2-8-9-6/h1-6H,7H2. The minimum atomic E-state index is -0.282. The second-order valence-corrected chi connectivity index (χ2v) is 2.32. The van der Waals surface area contributed by atoms with E-state index in [1.165, 1.54) is 6.26 Å². The highest BCUT2D eigenvalue weighted by atomic mass is 16.5. The molecule has 0 saturated heterocycles. The minimum Gasteiger partial charge on any atom is -0.470 e. The summed E-state index contributed by atoms with van der Waals surface area (Å²) in [4.78, 5) is 0. The van der Waals surface area contributed by atoms with Crippen molar-refractivity contribution in [2.75, 3.05) is 0 Å². The highest BCUT2D eigenvalue weighted by Gasteiger charge is 2.27. The molecule has 0 aliphatic carbocycles. The number of azo groups is 1. The fourth-order valence-corrected chi connectivity index (χ4v) is 1.03. The molecular weight excluding hydrogens is 144 g/mol. The van der Waals surface area contributed by atoms with Crippen molar-refractivity contribution in [2.45, 2.75) is 12.3 Å². The summed E-state index contributed by atoms with van der Waals surface area (Å²) in [5, 5.41) is 9.09. The molecule has 2 aliphatic heterocycles. The van der Waals surface area contributed by atoms with Crippen molar-refractivity contribution in [1.29, 1.82) is 0 Å². The first-order valence-corrected chi connectivity index (χ1v) is 3.30. The number of ether oxygens (including phenoxy) is 1. The van der Waals surface area contributed by atoms with Crippen LogP contribution in [0.2, 0.25) is 0 Å². The van der Waals surface area contributed by atoms with Crippen LogP contribution in [0.25, 0.3) is 0 Å². The summed E-state index contributed by atoms with van der Waals surface area (Å²) >= 11 is 0. The van der Waals surface area contributed by atoms with Gasteiger partial charge in [0.2, 0.25) is 6.23 Å². The van der Waals surface area contributed by atoms with Gasteiger partial charge in [-0.3, -0.25) is 0 Å². The average Bonchev–Trinajstić information content (AvgIpc) is 2.06. The summed E-state index contributed by atoms with van der Waals surface area (Å²) in [7, 11) is 0. The fraction of sp³-hybridized carbons (Fsp3) is 0.333. The van der Waals surface area contributed by atoms with Gasteiger partial charge in [0, 0.05) is 6.20 Å². The number of hydrogen-bond acceptors (Lipinski definition) is 5. The molecule has 2 N–H and O–H groups in total. The summed E-state index contributed by atoms with van der Waals surface area (Å²) in [5.74, 6) is 5.60. The maximum atomic E-state index is 5.60. The smallest absolute Gasteiger partial charge is 0.233 e. The maximum Gasteiger partial charge on any atom is 0.233 e. The fourth-order valence-electron chi connectivity index (χ4n) is 1.03. The van der Waals surface area contributed by atoms with Gasteiger partial charge < -0.3 is 9.75 Å². The Bertz CT molecular complexity index is 235. The van der Waals surface area contributed by atoms with Crippen LogP contribution in [0.1, 0.15) is 0 Å². The second kappa shape index (κ2) is 2.35. The molecule has 0 aromatic carbocycles. The lowest BCUT2D eigenvalue weighted by atomic mass is 10.2. The van der Waals surface area contributed by atoms with Crippen LogP contribution in [0.5, 0.6) is 0 Å². The quantitative estimate of drug-likeness (QED) is 0.509. The molecule has 0 saturated carbocycles. The number of rotatable bonds is 0. The van der Waals surface area contributed by atoms with E-state index in [1.54, 1.807) is 17.4 Å². The Morgan fingerprint density at radius 1 is 1.55 bits per heavy atom. The van der Waals surface area contributed by atoms with Crippen LogP contribution in [0.3, 0.4) is 0 Å². The Morgan fingerprint density at radius 3 is 3.27 bits per heavy atom. The zero-order valence-corrected chi connectivity index (χ0v) is 5.79. The van der Waals surface area contributed by atoms with E-state index in [0.717, 1.165) is 0 Å². The van der Waals surface area contributed by atoms with E-state index in [9.17, 15) is 0 Å². The molecule has 2 rings (SSSR count). The van der Waals surface area contributed by atoms with Crippen LogP contribution in [0.15, 0.2) is 35.0 Å². The van der Waals surface area contributed by atoms with Gasteiger partial charge in [0.25, 0.3) is 0 Å². The van der Waals surface area contributed by atoms with Crippen LogP contribution < -0.4 is 5.84 Å². The average molecular weight is 152 g/mol. The molecule has 0 amide bonds. The summed E-state index contributed by atoms with van der Waals surface area (Å²) < 4.78 is 5.14.